The van der Waals surface area contributed by atoms with Gasteiger partial charge in [0.15, 0.2) is 0 Å². The SMILES string of the molecule is Cc1ccccc1S(=O)(=O)NC(=O)C1CCCCC1. The lowest BCUT2D eigenvalue weighted by atomic mass is 9.89. The second-order valence-electron chi connectivity index (χ2n) is 5.07. The van der Waals surface area contributed by atoms with Crippen LogP contribution in [-0.2, 0) is 14.8 Å². The van der Waals surface area contributed by atoms with Crippen LogP contribution in [0.2, 0.25) is 0 Å². The molecule has 19 heavy (non-hydrogen) atoms. The summed E-state index contributed by atoms with van der Waals surface area (Å²) in [6.45, 7) is 1.72. The van der Waals surface area contributed by atoms with Crippen LogP contribution in [0.15, 0.2) is 29.2 Å². The van der Waals surface area contributed by atoms with Crippen LogP contribution in [0.4, 0.5) is 0 Å². The lowest BCUT2D eigenvalue weighted by Gasteiger charge is -2.20. The molecule has 104 valence electrons. The summed E-state index contributed by atoms with van der Waals surface area (Å²) in [6, 6.07) is 6.68. The van der Waals surface area contributed by atoms with Crippen molar-refractivity contribution in [3.8, 4) is 0 Å². The first-order chi connectivity index (χ1) is 9.00. The van der Waals surface area contributed by atoms with Gasteiger partial charge in [0.2, 0.25) is 5.91 Å². The van der Waals surface area contributed by atoms with Gasteiger partial charge in [0, 0.05) is 5.92 Å². The number of rotatable bonds is 3. The number of carbonyl (C=O) groups is 1. The Balaban J connectivity index is 2.13. The zero-order valence-corrected chi connectivity index (χ0v) is 11.9. The zero-order valence-electron chi connectivity index (χ0n) is 11.1. The van der Waals surface area contributed by atoms with Gasteiger partial charge in [-0.3, -0.25) is 4.79 Å². The highest BCUT2D eigenvalue weighted by atomic mass is 32.2. The van der Waals surface area contributed by atoms with Crippen LogP contribution in [0.3, 0.4) is 0 Å². The number of amides is 1. The third kappa shape index (κ3) is 3.35. The molecule has 1 aromatic carbocycles. The minimum absolute atomic E-state index is 0.160. The lowest BCUT2D eigenvalue weighted by Crippen LogP contribution is -2.36. The van der Waals surface area contributed by atoms with E-state index in [2.05, 4.69) is 4.72 Å². The minimum Gasteiger partial charge on any atom is -0.274 e. The summed E-state index contributed by atoms with van der Waals surface area (Å²) in [6.07, 6.45) is 4.71. The van der Waals surface area contributed by atoms with Crippen molar-refractivity contribution in [3.05, 3.63) is 29.8 Å². The van der Waals surface area contributed by atoms with Gasteiger partial charge in [-0.2, -0.15) is 0 Å². The fraction of sp³-hybridized carbons (Fsp3) is 0.500. The molecule has 0 aliphatic heterocycles. The Morgan fingerprint density at radius 1 is 1.16 bits per heavy atom. The van der Waals surface area contributed by atoms with Gasteiger partial charge >= 0.3 is 0 Å². The number of aryl methyl sites for hydroxylation is 1. The van der Waals surface area contributed by atoms with Gasteiger partial charge in [0.05, 0.1) is 4.90 Å². The van der Waals surface area contributed by atoms with E-state index in [1.54, 1.807) is 25.1 Å². The van der Waals surface area contributed by atoms with E-state index in [1.807, 2.05) is 0 Å². The second-order valence-corrected chi connectivity index (χ2v) is 6.72. The highest BCUT2D eigenvalue weighted by Gasteiger charge is 2.26. The predicted molar refractivity (Wildman–Crippen MR) is 73.1 cm³/mol. The fourth-order valence-electron chi connectivity index (χ4n) is 2.49. The van der Waals surface area contributed by atoms with Crippen molar-refractivity contribution in [3.63, 3.8) is 0 Å². The van der Waals surface area contributed by atoms with E-state index in [9.17, 15) is 13.2 Å². The molecule has 0 radical (unpaired) electrons. The summed E-state index contributed by atoms with van der Waals surface area (Å²) >= 11 is 0. The number of nitrogens with one attached hydrogen (secondary N) is 1. The molecule has 0 spiro atoms. The smallest absolute Gasteiger partial charge is 0.264 e. The Morgan fingerprint density at radius 2 is 1.79 bits per heavy atom. The van der Waals surface area contributed by atoms with E-state index in [-0.39, 0.29) is 16.7 Å². The van der Waals surface area contributed by atoms with Crippen molar-refractivity contribution < 1.29 is 13.2 Å². The highest BCUT2D eigenvalue weighted by molar-refractivity contribution is 7.90. The molecule has 0 heterocycles. The quantitative estimate of drug-likeness (QED) is 0.925. The van der Waals surface area contributed by atoms with Crippen LogP contribution in [0.1, 0.15) is 37.7 Å². The van der Waals surface area contributed by atoms with Crippen molar-refractivity contribution in [1.29, 1.82) is 0 Å². The van der Waals surface area contributed by atoms with Crippen molar-refractivity contribution in [1.82, 2.24) is 4.72 Å². The predicted octanol–water partition coefficient (Wildman–Crippen LogP) is 2.38. The number of sulfonamides is 1. The van der Waals surface area contributed by atoms with Gasteiger partial charge in [-0.15, -0.1) is 0 Å². The minimum atomic E-state index is -3.74. The molecule has 4 nitrogen and oxygen atoms in total. The summed E-state index contributed by atoms with van der Waals surface area (Å²) in [4.78, 5) is 12.2. The van der Waals surface area contributed by atoms with E-state index in [1.165, 1.54) is 6.07 Å². The van der Waals surface area contributed by atoms with Crippen molar-refractivity contribution in [2.24, 2.45) is 5.92 Å². The number of carbonyl (C=O) groups excluding carboxylic acids is 1. The average molecular weight is 281 g/mol. The molecule has 1 aliphatic rings. The first-order valence-corrected chi connectivity index (χ1v) is 8.11. The van der Waals surface area contributed by atoms with Gasteiger partial charge in [-0.1, -0.05) is 37.5 Å². The van der Waals surface area contributed by atoms with Crippen LogP contribution in [0, 0.1) is 12.8 Å². The molecular weight excluding hydrogens is 262 g/mol. The average Bonchev–Trinajstić information content (AvgIpc) is 2.39. The van der Waals surface area contributed by atoms with Gasteiger partial charge in [-0.25, -0.2) is 13.1 Å². The van der Waals surface area contributed by atoms with E-state index >= 15 is 0 Å². The molecule has 1 fully saturated rings. The Morgan fingerprint density at radius 3 is 2.42 bits per heavy atom. The first-order valence-electron chi connectivity index (χ1n) is 6.63. The molecule has 1 N–H and O–H groups in total. The van der Waals surface area contributed by atoms with Gasteiger partial charge in [0.1, 0.15) is 0 Å². The number of benzene rings is 1. The molecule has 0 saturated heterocycles. The maximum Gasteiger partial charge on any atom is 0.264 e. The summed E-state index contributed by atoms with van der Waals surface area (Å²) in [5, 5.41) is 0. The number of hydrogen-bond donors (Lipinski definition) is 1. The summed E-state index contributed by atoms with van der Waals surface area (Å²) in [7, 11) is -3.74. The largest absolute Gasteiger partial charge is 0.274 e. The third-order valence-electron chi connectivity index (χ3n) is 3.59. The summed E-state index contributed by atoms with van der Waals surface area (Å²) in [5.74, 6) is -0.518. The third-order valence-corrected chi connectivity index (χ3v) is 5.10. The topological polar surface area (TPSA) is 63.2 Å². The van der Waals surface area contributed by atoms with E-state index in [0.29, 0.717) is 5.56 Å². The normalized spacial score (nSPS) is 17.1. The zero-order chi connectivity index (χ0) is 13.9. The molecule has 0 bridgehead atoms. The Kier molecular flexibility index (Phi) is 4.24. The van der Waals surface area contributed by atoms with Gasteiger partial charge in [0.25, 0.3) is 10.0 Å². The lowest BCUT2D eigenvalue weighted by molar-refractivity contribution is -0.124. The number of hydrogen-bond acceptors (Lipinski definition) is 3. The molecule has 0 atom stereocenters. The monoisotopic (exact) mass is 281 g/mol. The molecule has 0 unspecified atom stereocenters. The molecule has 1 aliphatic carbocycles. The molecular formula is C14H19NO3S. The standard InChI is InChI=1S/C14H19NO3S/c1-11-7-5-6-10-13(11)19(17,18)15-14(16)12-8-3-2-4-9-12/h5-7,10,12H,2-4,8-9H2,1H3,(H,15,16). The maximum absolute atomic E-state index is 12.2. The molecule has 0 aromatic heterocycles. The molecule has 5 heteroatoms. The maximum atomic E-state index is 12.2. The van der Waals surface area contributed by atoms with E-state index in [0.717, 1.165) is 32.1 Å². The van der Waals surface area contributed by atoms with Crippen LogP contribution in [0.5, 0.6) is 0 Å². The van der Waals surface area contributed by atoms with E-state index < -0.39 is 10.0 Å². The van der Waals surface area contributed by atoms with Crippen LogP contribution in [0.25, 0.3) is 0 Å². The Bertz CT molecular complexity index is 560. The Hall–Kier alpha value is -1.36. The molecule has 1 aromatic rings. The molecule has 1 amide bonds. The summed E-state index contributed by atoms with van der Waals surface area (Å²) in [5.41, 5.74) is 0.645. The van der Waals surface area contributed by atoms with Gasteiger partial charge < -0.3 is 0 Å². The van der Waals surface area contributed by atoms with E-state index in [4.69, 9.17) is 0 Å². The second kappa shape index (κ2) is 5.74. The van der Waals surface area contributed by atoms with Crippen molar-refractivity contribution in [2.75, 3.05) is 0 Å². The van der Waals surface area contributed by atoms with Crippen molar-refractivity contribution >= 4 is 15.9 Å². The molecule has 2 rings (SSSR count). The first kappa shape index (κ1) is 14.1. The Labute approximate surface area is 114 Å². The van der Waals surface area contributed by atoms with Crippen molar-refractivity contribution in [2.45, 2.75) is 43.9 Å². The fourth-order valence-corrected chi connectivity index (χ4v) is 3.78. The van der Waals surface area contributed by atoms with Crippen LogP contribution >= 0.6 is 0 Å². The summed E-state index contributed by atoms with van der Waals surface area (Å²) < 4.78 is 26.6. The molecule has 1 saturated carbocycles. The van der Waals surface area contributed by atoms with Crippen LogP contribution < -0.4 is 4.72 Å². The highest BCUT2D eigenvalue weighted by Crippen LogP contribution is 2.24. The van der Waals surface area contributed by atoms with Gasteiger partial charge in [-0.05, 0) is 31.4 Å². The van der Waals surface area contributed by atoms with Crippen LogP contribution in [-0.4, -0.2) is 14.3 Å².